The molecule has 0 unspecified atom stereocenters. The fraction of sp³-hybridized carbons (Fsp3) is 0.333. The Morgan fingerprint density at radius 3 is 2.60 bits per heavy atom. The zero-order chi connectivity index (χ0) is 17.2. The molecule has 3 aromatic rings. The minimum absolute atomic E-state index is 0.00939. The molecule has 1 aliphatic carbocycles. The number of rotatable bonds is 3. The van der Waals surface area contributed by atoms with E-state index in [-0.39, 0.29) is 5.91 Å². The zero-order valence-electron chi connectivity index (χ0n) is 14.4. The summed E-state index contributed by atoms with van der Waals surface area (Å²) < 4.78 is 5.54. The molecule has 128 valence electrons. The van der Waals surface area contributed by atoms with E-state index in [0.717, 1.165) is 29.3 Å². The number of aryl methyl sites for hydroxylation is 1. The molecule has 25 heavy (non-hydrogen) atoms. The van der Waals surface area contributed by atoms with Gasteiger partial charge in [-0.3, -0.25) is 4.79 Å². The van der Waals surface area contributed by atoms with E-state index in [0.29, 0.717) is 17.4 Å². The lowest BCUT2D eigenvalue weighted by molar-refractivity contribution is 0.0928. The second-order valence-corrected chi connectivity index (χ2v) is 6.92. The van der Waals surface area contributed by atoms with Crippen molar-refractivity contribution in [3.8, 4) is 11.3 Å². The number of amides is 1. The number of nitrogens with zero attached hydrogens (tertiary/aromatic N) is 1. The summed E-state index contributed by atoms with van der Waals surface area (Å²) >= 11 is 0. The minimum atomic E-state index is -0.00939. The molecule has 4 rings (SSSR count). The fourth-order valence-corrected chi connectivity index (χ4v) is 3.51. The molecule has 0 atom stereocenters. The van der Waals surface area contributed by atoms with Gasteiger partial charge in [0, 0.05) is 17.2 Å². The smallest absolute Gasteiger partial charge is 0.251 e. The number of aromatic nitrogens is 1. The molecule has 1 amide bonds. The Kier molecular flexibility index (Phi) is 4.26. The summed E-state index contributed by atoms with van der Waals surface area (Å²) in [5.41, 5.74) is 3.59. The van der Waals surface area contributed by atoms with Gasteiger partial charge in [-0.1, -0.05) is 54.2 Å². The topological polar surface area (TPSA) is 55.1 Å². The van der Waals surface area contributed by atoms with Crippen LogP contribution in [0, 0.1) is 6.92 Å². The second kappa shape index (κ2) is 6.71. The SMILES string of the molecule is Cc1ccc(-c2onc3ccc(C(=O)NC4CCCCC4)cc23)cc1. The molecule has 4 nitrogen and oxygen atoms in total. The molecule has 4 heteroatoms. The average Bonchev–Trinajstić information content (AvgIpc) is 3.06. The summed E-state index contributed by atoms with van der Waals surface area (Å²) in [4.78, 5) is 12.6. The van der Waals surface area contributed by atoms with Crippen LogP contribution in [0.25, 0.3) is 22.2 Å². The first-order valence-corrected chi connectivity index (χ1v) is 8.98. The Morgan fingerprint density at radius 2 is 1.84 bits per heavy atom. The Hall–Kier alpha value is -2.62. The molecule has 2 aromatic carbocycles. The molecule has 1 saturated carbocycles. The molecular weight excluding hydrogens is 312 g/mol. The quantitative estimate of drug-likeness (QED) is 0.744. The molecule has 0 spiro atoms. The first-order chi connectivity index (χ1) is 12.2. The van der Waals surface area contributed by atoms with Gasteiger partial charge in [-0.15, -0.1) is 0 Å². The first kappa shape index (κ1) is 15.9. The van der Waals surface area contributed by atoms with E-state index >= 15 is 0 Å². The highest BCUT2D eigenvalue weighted by Gasteiger charge is 2.18. The Bertz CT molecular complexity index is 890. The maximum Gasteiger partial charge on any atom is 0.251 e. The summed E-state index contributed by atoms with van der Waals surface area (Å²) in [7, 11) is 0. The van der Waals surface area contributed by atoms with Gasteiger partial charge in [0.05, 0.1) is 5.39 Å². The van der Waals surface area contributed by atoms with Gasteiger partial charge < -0.3 is 9.84 Å². The van der Waals surface area contributed by atoms with Gasteiger partial charge in [-0.05, 0) is 38.0 Å². The van der Waals surface area contributed by atoms with Crippen molar-refractivity contribution in [1.29, 1.82) is 0 Å². The van der Waals surface area contributed by atoms with E-state index in [2.05, 4.69) is 17.4 Å². The van der Waals surface area contributed by atoms with Crippen molar-refractivity contribution in [2.45, 2.75) is 45.1 Å². The monoisotopic (exact) mass is 334 g/mol. The van der Waals surface area contributed by atoms with Crippen LogP contribution in [0.15, 0.2) is 47.0 Å². The summed E-state index contributed by atoms with van der Waals surface area (Å²) in [6.45, 7) is 2.05. The third-order valence-electron chi connectivity index (χ3n) is 4.99. The van der Waals surface area contributed by atoms with Crippen molar-refractivity contribution < 1.29 is 9.32 Å². The average molecular weight is 334 g/mol. The summed E-state index contributed by atoms with van der Waals surface area (Å²) in [5.74, 6) is 0.701. The van der Waals surface area contributed by atoms with Crippen molar-refractivity contribution in [3.05, 3.63) is 53.6 Å². The van der Waals surface area contributed by atoms with Crippen LogP contribution in [0.4, 0.5) is 0 Å². The van der Waals surface area contributed by atoms with Crippen molar-refractivity contribution in [2.75, 3.05) is 0 Å². The third kappa shape index (κ3) is 3.29. The van der Waals surface area contributed by atoms with Gasteiger partial charge in [-0.25, -0.2) is 0 Å². The summed E-state index contributed by atoms with van der Waals surface area (Å²) in [5, 5.41) is 8.17. The molecule has 0 radical (unpaired) electrons. The van der Waals surface area contributed by atoms with Gasteiger partial charge in [0.1, 0.15) is 5.52 Å². The molecule has 1 N–H and O–H groups in total. The van der Waals surface area contributed by atoms with Crippen LogP contribution in [0.5, 0.6) is 0 Å². The highest BCUT2D eigenvalue weighted by Crippen LogP contribution is 2.29. The van der Waals surface area contributed by atoms with Crippen LogP contribution >= 0.6 is 0 Å². The van der Waals surface area contributed by atoms with Crippen LogP contribution in [-0.4, -0.2) is 17.1 Å². The van der Waals surface area contributed by atoms with E-state index in [1.54, 1.807) is 0 Å². The van der Waals surface area contributed by atoms with Crippen molar-refractivity contribution in [2.24, 2.45) is 0 Å². The van der Waals surface area contributed by atoms with Crippen LogP contribution in [0.1, 0.15) is 48.0 Å². The molecule has 1 heterocycles. The largest absolute Gasteiger partial charge is 0.355 e. The molecule has 0 saturated heterocycles. The summed E-state index contributed by atoms with van der Waals surface area (Å²) in [6.07, 6.45) is 5.84. The van der Waals surface area contributed by atoms with Gasteiger partial charge in [0.2, 0.25) is 0 Å². The maximum atomic E-state index is 12.6. The lowest BCUT2D eigenvalue weighted by atomic mass is 9.95. The first-order valence-electron chi connectivity index (χ1n) is 8.98. The molecular formula is C21H22N2O2. The number of benzene rings is 2. The number of fused-ring (bicyclic) bond motifs is 1. The van der Waals surface area contributed by atoms with E-state index in [1.807, 2.05) is 42.5 Å². The predicted octanol–water partition coefficient (Wildman–Crippen LogP) is 4.87. The molecule has 0 aliphatic heterocycles. The molecule has 1 fully saturated rings. The highest BCUT2D eigenvalue weighted by atomic mass is 16.5. The maximum absolute atomic E-state index is 12.6. The molecule has 1 aliphatic rings. The van der Waals surface area contributed by atoms with Gasteiger partial charge in [0.25, 0.3) is 5.91 Å². The van der Waals surface area contributed by atoms with E-state index in [4.69, 9.17) is 4.52 Å². The highest BCUT2D eigenvalue weighted by molar-refractivity contribution is 6.01. The van der Waals surface area contributed by atoms with Gasteiger partial charge >= 0.3 is 0 Å². The number of carbonyl (C=O) groups excluding carboxylic acids is 1. The minimum Gasteiger partial charge on any atom is -0.355 e. The van der Waals surface area contributed by atoms with Crippen molar-refractivity contribution in [1.82, 2.24) is 10.5 Å². The number of nitrogens with one attached hydrogen (secondary N) is 1. The number of carbonyl (C=O) groups is 1. The van der Waals surface area contributed by atoms with E-state index in [1.165, 1.54) is 24.8 Å². The molecule has 0 bridgehead atoms. The Morgan fingerprint density at radius 1 is 1.08 bits per heavy atom. The Labute approximate surface area is 147 Å². The van der Waals surface area contributed by atoms with Crippen molar-refractivity contribution >= 4 is 16.8 Å². The zero-order valence-corrected chi connectivity index (χ0v) is 14.4. The van der Waals surface area contributed by atoms with Crippen LogP contribution in [0.3, 0.4) is 0 Å². The van der Waals surface area contributed by atoms with Gasteiger partial charge in [0.15, 0.2) is 5.76 Å². The van der Waals surface area contributed by atoms with Crippen LogP contribution in [0.2, 0.25) is 0 Å². The third-order valence-corrected chi connectivity index (χ3v) is 4.99. The van der Waals surface area contributed by atoms with Crippen LogP contribution < -0.4 is 5.32 Å². The Balaban J connectivity index is 1.63. The number of hydrogen-bond donors (Lipinski definition) is 1. The van der Waals surface area contributed by atoms with Crippen molar-refractivity contribution in [3.63, 3.8) is 0 Å². The lowest BCUT2D eigenvalue weighted by Crippen LogP contribution is -2.36. The van der Waals surface area contributed by atoms with E-state index in [9.17, 15) is 4.79 Å². The second-order valence-electron chi connectivity index (χ2n) is 6.92. The molecule has 1 aromatic heterocycles. The number of hydrogen-bond acceptors (Lipinski definition) is 3. The van der Waals surface area contributed by atoms with E-state index < -0.39 is 0 Å². The standard InChI is InChI=1S/C21H22N2O2/c1-14-7-9-15(10-8-14)20-18-13-16(11-12-19(18)23-25-20)21(24)22-17-5-3-2-4-6-17/h7-13,17H,2-6H2,1H3,(H,22,24). The predicted molar refractivity (Wildman–Crippen MR) is 98.5 cm³/mol. The van der Waals surface area contributed by atoms with Crippen LogP contribution in [-0.2, 0) is 0 Å². The van der Waals surface area contributed by atoms with Gasteiger partial charge in [-0.2, -0.15) is 0 Å². The summed E-state index contributed by atoms with van der Waals surface area (Å²) in [6, 6.07) is 14.0. The lowest BCUT2D eigenvalue weighted by Gasteiger charge is -2.22. The normalized spacial score (nSPS) is 15.4. The fourth-order valence-electron chi connectivity index (χ4n) is 3.51.